The van der Waals surface area contributed by atoms with Gasteiger partial charge in [0, 0.05) is 10.6 Å². The Balaban J connectivity index is 3.23. The second kappa shape index (κ2) is 7.47. The maximum Gasteiger partial charge on any atom is 0.193 e. The molecular formula is C20H37ClO2Si2. The predicted octanol–water partition coefficient (Wildman–Crippen LogP) is 7.02. The molecule has 0 fully saturated rings. The third-order valence-electron chi connectivity index (χ3n) is 5.95. The van der Waals surface area contributed by atoms with Crippen molar-refractivity contribution in [3.8, 4) is 0 Å². The highest BCUT2D eigenvalue weighted by atomic mass is 35.5. The lowest BCUT2D eigenvalue weighted by Crippen LogP contribution is -2.50. The van der Waals surface area contributed by atoms with Crippen molar-refractivity contribution in [1.29, 1.82) is 0 Å². The Morgan fingerprint density at radius 3 is 1.80 bits per heavy atom. The summed E-state index contributed by atoms with van der Waals surface area (Å²) in [6.45, 7) is 26.4. The first kappa shape index (κ1) is 22.9. The lowest BCUT2D eigenvalue weighted by Gasteiger charge is -2.43. The Hall–Kier alpha value is -0.136. The molecule has 0 aromatic rings. The predicted molar refractivity (Wildman–Crippen MR) is 116 cm³/mol. The van der Waals surface area contributed by atoms with Gasteiger partial charge in [-0.1, -0.05) is 71.9 Å². The molecule has 0 aliphatic heterocycles. The fourth-order valence-corrected chi connectivity index (χ4v) is 4.95. The molecule has 0 N–H and O–H groups in total. The van der Waals surface area contributed by atoms with Crippen molar-refractivity contribution in [2.45, 2.75) is 90.0 Å². The Morgan fingerprint density at radius 2 is 1.40 bits per heavy atom. The summed E-state index contributed by atoms with van der Waals surface area (Å²) in [4.78, 5) is 0. The first-order valence-corrected chi connectivity index (χ1v) is 15.3. The van der Waals surface area contributed by atoms with Crippen molar-refractivity contribution < 1.29 is 8.85 Å². The van der Waals surface area contributed by atoms with Gasteiger partial charge < -0.3 is 8.85 Å². The number of hydrogen-bond acceptors (Lipinski definition) is 2. The van der Waals surface area contributed by atoms with E-state index in [1.165, 1.54) is 0 Å². The fraction of sp³-hybridized carbons (Fsp3) is 0.700. The molecule has 0 saturated carbocycles. The number of allylic oxidation sites excluding steroid dienone is 2. The SMILES string of the molecule is C=C/C=C1\C(Cl)=C[C@@H](O[Si](C)(C)C(C)(C)C)[C@@H]1O[Si](C)(C)C(C)(C)C. The molecule has 2 nitrogen and oxygen atoms in total. The quantitative estimate of drug-likeness (QED) is 0.461. The van der Waals surface area contributed by atoms with Crippen molar-refractivity contribution in [1.82, 2.24) is 0 Å². The highest BCUT2D eigenvalue weighted by Crippen LogP contribution is 2.44. The molecule has 0 heterocycles. The minimum absolute atomic E-state index is 0.128. The standard InChI is InChI=1S/C20H37ClO2Si2/c1-12-13-15-16(21)14-17(22-24(8,9)19(2,3)4)18(15)23-25(10,11)20(5,6)7/h12-14,17-18H,1H2,2-11H3/b15-13+/t17-,18-/m1/s1. The van der Waals surface area contributed by atoms with E-state index in [1.807, 2.05) is 12.2 Å². The van der Waals surface area contributed by atoms with Crippen molar-refractivity contribution >= 4 is 28.2 Å². The van der Waals surface area contributed by atoms with Gasteiger partial charge in [0.2, 0.25) is 0 Å². The van der Waals surface area contributed by atoms with E-state index in [4.69, 9.17) is 20.5 Å². The van der Waals surface area contributed by atoms with Crippen LogP contribution in [0.1, 0.15) is 41.5 Å². The molecule has 5 heteroatoms. The van der Waals surface area contributed by atoms with Crippen molar-refractivity contribution in [3.05, 3.63) is 35.4 Å². The van der Waals surface area contributed by atoms with E-state index in [0.29, 0.717) is 0 Å². The summed E-state index contributed by atoms with van der Waals surface area (Å²) in [7, 11) is -3.90. The summed E-state index contributed by atoms with van der Waals surface area (Å²) >= 11 is 6.55. The average Bonchev–Trinajstić information content (AvgIpc) is 2.63. The maximum absolute atomic E-state index is 6.75. The van der Waals surface area contributed by atoms with E-state index in [2.05, 4.69) is 74.3 Å². The van der Waals surface area contributed by atoms with Crippen LogP contribution >= 0.6 is 11.6 Å². The van der Waals surface area contributed by atoms with Crippen LogP contribution in [0.25, 0.3) is 0 Å². The van der Waals surface area contributed by atoms with Crippen molar-refractivity contribution in [2.75, 3.05) is 0 Å². The van der Waals surface area contributed by atoms with Gasteiger partial charge in [-0.05, 0) is 42.3 Å². The lowest BCUT2D eigenvalue weighted by molar-refractivity contribution is 0.0956. The molecule has 1 rings (SSSR count). The number of halogens is 1. The van der Waals surface area contributed by atoms with E-state index in [0.717, 1.165) is 10.6 Å². The van der Waals surface area contributed by atoms with E-state index < -0.39 is 16.6 Å². The summed E-state index contributed by atoms with van der Waals surface area (Å²) in [5, 5.41) is 0.995. The highest BCUT2D eigenvalue weighted by Gasteiger charge is 2.47. The van der Waals surface area contributed by atoms with Gasteiger partial charge in [-0.25, -0.2) is 0 Å². The van der Waals surface area contributed by atoms with Gasteiger partial charge in [0.05, 0.1) is 6.10 Å². The zero-order chi connectivity index (χ0) is 19.8. The van der Waals surface area contributed by atoms with Gasteiger partial charge in [-0.2, -0.15) is 0 Å². The number of rotatable bonds is 5. The zero-order valence-corrected chi connectivity index (χ0v) is 20.5. The van der Waals surface area contributed by atoms with Crippen LogP contribution in [0.4, 0.5) is 0 Å². The van der Waals surface area contributed by atoms with Gasteiger partial charge in [-0.15, -0.1) is 0 Å². The van der Waals surface area contributed by atoms with Gasteiger partial charge in [0.1, 0.15) is 6.10 Å². The first-order valence-electron chi connectivity index (χ1n) is 9.09. The third kappa shape index (κ3) is 5.19. The number of hydrogen-bond donors (Lipinski definition) is 0. The fourth-order valence-electron chi connectivity index (χ4n) is 2.18. The van der Waals surface area contributed by atoms with Crippen LogP contribution in [0.15, 0.2) is 35.4 Å². The third-order valence-corrected chi connectivity index (χ3v) is 15.2. The Kier molecular flexibility index (Phi) is 6.84. The Labute approximate surface area is 162 Å². The van der Waals surface area contributed by atoms with Crippen LogP contribution in [-0.4, -0.2) is 28.8 Å². The molecule has 1 aliphatic carbocycles. The van der Waals surface area contributed by atoms with Crippen molar-refractivity contribution in [2.24, 2.45) is 0 Å². The molecule has 2 atom stereocenters. The summed E-state index contributed by atoms with van der Waals surface area (Å²) in [6.07, 6.45) is 5.48. The van der Waals surface area contributed by atoms with Gasteiger partial charge in [-0.3, -0.25) is 0 Å². The van der Waals surface area contributed by atoms with E-state index >= 15 is 0 Å². The molecule has 0 spiro atoms. The summed E-state index contributed by atoms with van der Waals surface area (Å²) in [5.74, 6) is 0. The molecule has 0 radical (unpaired) electrons. The van der Waals surface area contributed by atoms with Crippen LogP contribution in [0.5, 0.6) is 0 Å². The van der Waals surface area contributed by atoms with Crippen LogP contribution in [0.3, 0.4) is 0 Å². The van der Waals surface area contributed by atoms with Crippen LogP contribution in [0.2, 0.25) is 36.3 Å². The molecule has 0 bridgehead atoms. The lowest BCUT2D eigenvalue weighted by atomic mass is 10.1. The maximum atomic E-state index is 6.75. The smallest absolute Gasteiger partial charge is 0.193 e. The molecule has 144 valence electrons. The minimum Gasteiger partial charge on any atom is -0.408 e. The minimum atomic E-state index is -1.97. The second-order valence-corrected chi connectivity index (χ2v) is 19.9. The van der Waals surface area contributed by atoms with E-state index in [1.54, 1.807) is 6.08 Å². The molecule has 0 amide bonds. The van der Waals surface area contributed by atoms with Crippen LogP contribution in [-0.2, 0) is 8.85 Å². The molecule has 25 heavy (non-hydrogen) atoms. The summed E-state index contributed by atoms with van der Waals surface area (Å²) < 4.78 is 13.4. The molecule has 1 aliphatic rings. The van der Waals surface area contributed by atoms with Gasteiger partial charge in [0.15, 0.2) is 16.6 Å². The van der Waals surface area contributed by atoms with E-state index in [9.17, 15) is 0 Å². The summed E-state index contributed by atoms with van der Waals surface area (Å²) in [6, 6.07) is 0. The highest BCUT2D eigenvalue weighted by molar-refractivity contribution is 6.74. The van der Waals surface area contributed by atoms with Crippen molar-refractivity contribution in [3.63, 3.8) is 0 Å². The first-order chi connectivity index (χ1) is 11.0. The average molecular weight is 401 g/mol. The van der Waals surface area contributed by atoms with Gasteiger partial charge >= 0.3 is 0 Å². The summed E-state index contributed by atoms with van der Waals surface area (Å²) in [5.41, 5.74) is 0.991. The zero-order valence-electron chi connectivity index (χ0n) is 17.8. The monoisotopic (exact) mass is 400 g/mol. The molecular weight excluding hydrogens is 364 g/mol. The van der Waals surface area contributed by atoms with Gasteiger partial charge in [0.25, 0.3) is 0 Å². The normalized spacial score (nSPS) is 24.6. The molecule has 0 unspecified atom stereocenters. The molecule has 0 aromatic heterocycles. The Bertz CT molecular complexity index is 563. The molecule has 0 saturated heterocycles. The topological polar surface area (TPSA) is 18.5 Å². The van der Waals surface area contributed by atoms with Crippen LogP contribution in [0, 0.1) is 0 Å². The second-order valence-electron chi connectivity index (χ2n) is 10.0. The Morgan fingerprint density at radius 1 is 0.960 bits per heavy atom. The molecule has 0 aromatic carbocycles. The van der Waals surface area contributed by atoms with E-state index in [-0.39, 0.29) is 22.3 Å². The van der Waals surface area contributed by atoms with Crippen LogP contribution < -0.4 is 0 Å². The largest absolute Gasteiger partial charge is 0.408 e.